The molecule has 0 amide bonds. The van der Waals surface area contributed by atoms with Gasteiger partial charge < -0.3 is 29.0 Å². The third-order valence-corrected chi connectivity index (χ3v) is 11.3. The third kappa shape index (κ3) is 14.2. The molecule has 0 aromatic heterocycles. The van der Waals surface area contributed by atoms with E-state index in [2.05, 4.69) is 15.9 Å². The van der Waals surface area contributed by atoms with Gasteiger partial charge in [-0.25, -0.2) is 9.59 Å². The van der Waals surface area contributed by atoms with Crippen LogP contribution in [-0.2, 0) is 22.7 Å². The maximum absolute atomic E-state index is 12.6. The van der Waals surface area contributed by atoms with Gasteiger partial charge in [0.05, 0.1) is 24.3 Å². The zero-order chi connectivity index (χ0) is 48.3. The summed E-state index contributed by atoms with van der Waals surface area (Å²) >= 11 is 15.3. The highest BCUT2D eigenvalue weighted by molar-refractivity contribution is 9.10. The van der Waals surface area contributed by atoms with Gasteiger partial charge in [-0.15, -0.1) is 0 Å². The molecule has 12 heteroatoms. The van der Waals surface area contributed by atoms with Gasteiger partial charge in [0.15, 0.2) is 0 Å². The summed E-state index contributed by atoms with van der Waals surface area (Å²) < 4.78 is 22.9. The fourth-order valence-electron chi connectivity index (χ4n) is 7.01. The van der Waals surface area contributed by atoms with E-state index in [4.69, 9.17) is 42.1 Å². The minimum atomic E-state index is -1.52. The van der Waals surface area contributed by atoms with Crippen molar-refractivity contribution in [2.24, 2.45) is 0 Å². The van der Waals surface area contributed by atoms with E-state index in [1.54, 1.807) is 62.4 Å². The first-order chi connectivity index (χ1) is 33.1. The van der Waals surface area contributed by atoms with Gasteiger partial charge >= 0.3 is 19.1 Å². The standard InChI is InChI=1S/C28H23ClO3.C19H17BO3.C9H8BrClO2/c1-2-31-28(30)25-17-16-21(29)18-26(25)23-13-7-6-12-22(23)24-14-8-9-15-27(24)32-19-20-10-4-3-5-11-20;21-20(22)18-12-6-4-10-16(18)17-11-5-7-13-19(17)23-14-15-8-2-1-3-9-15;1-2-13-9(12)7-4-3-6(11)5-8(7)10/h3-18H,2,19H2,1H3;1-13,21-22H,14H2;3-5H,2H2,1H3. The first-order valence-electron chi connectivity index (χ1n) is 21.7. The molecular weight excluding hydrogens is 962 g/mol. The highest BCUT2D eigenvalue weighted by Gasteiger charge is 2.20. The highest BCUT2D eigenvalue weighted by Crippen LogP contribution is 2.40. The second-order valence-corrected chi connectivity index (χ2v) is 16.5. The largest absolute Gasteiger partial charge is 0.489 e. The third-order valence-electron chi connectivity index (χ3n) is 10.2. The van der Waals surface area contributed by atoms with Crippen molar-refractivity contribution in [2.45, 2.75) is 27.1 Å². The molecule has 0 fully saturated rings. The van der Waals surface area contributed by atoms with Gasteiger partial charge in [-0.3, -0.25) is 0 Å². The predicted octanol–water partition coefficient (Wildman–Crippen LogP) is 13.3. The normalized spacial score (nSPS) is 10.3. The second-order valence-electron chi connectivity index (χ2n) is 14.8. The lowest BCUT2D eigenvalue weighted by Gasteiger charge is -2.17. The first-order valence-corrected chi connectivity index (χ1v) is 23.3. The van der Waals surface area contributed by atoms with Crippen LogP contribution in [0.1, 0.15) is 45.7 Å². The fourth-order valence-corrected chi connectivity index (χ4v) is 8.03. The van der Waals surface area contributed by atoms with Gasteiger partial charge in [-0.1, -0.05) is 169 Å². The lowest BCUT2D eigenvalue weighted by atomic mass is 9.75. The summed E-state index contributed by atoms with van der Waals surface area (Å²) in [6, 6.07) is 60.8. The van der Waals surface area contributed by atoms with Crippen LogP contribution in [0.25, 0.3) is 33.4 Å². The van der Waals surface area contributed by atoms with E-state index in [0.717, 1.165) is 50.3 Å². The van der Waals surface area contributed by atoms with E-state index < -0.39 is 7.12 Å². The minimum absolute atomic E-state index is 0.304. The number of ether oxygens (including phenoxy) is 4. The van der Waals surface area contributed by atoms with E-state index in [-0.39, 0.29) is 11.9 Å². The molecule has 0 unspecified atom stereocenters. The zero-order valence-electron chi connectivity index (χ0n) is 37.4. The van der Waals surface area contributed by atoms with Gasteiger partial charge in [0.2, 0.25) is 0 Å². The number of carbonyl (C=O) groups is 2. The second kappa shape index (κ2) is 26.0. The van der Waals surface area contributed by atoms with Crippen molar-refractivity contribution in [3.8, 4) is 44.9 Å². The Morgan fingerprint density at radius 1 is 0.471 bits per heavy atom. The van der Waals surface area contributed by atoms with E-state index in [1.807, 2.05) is 146 Å². The van der Waals surface area contributed by atoms with Crippen LogP contribution in [0.2, 0.25) is 10.0 Å². The smallest absolute Gasteiger partial charge is 0.488 e. The molecule has 0 aliphatic carbocycles. The van der Waals surface area contributed by atoms with Crippen molar-refractivity contribution in [3.05, 3.63) is 231 Å². The Morgan fingerprint density at radius 3 is 1.37 bits per heavy atom. The van der Waals surface area contributed by atoms with Crippen LogP contribution in [0.15, 0.2) is 199 Å². The number of halogens is 3. The Kier molecular flexibility index (Phi) is 19.4. The molecule has 68 heavy (non-hydrogen) atoms. The van der Waals surface area contributed by atoms with Gasteiger partial charge in [0.25, 0.3) is 0 Å². The molecule has 8 aromatic rings. The molecule has 8 aromatic carbocycles. The number of para-hydroxylation sites is 2. The van der Waals surface area contributed by atoms with Crippen molar-refractivity contribution in [1.82, 2.24) is 0 Å². The van der Waals surface area contributed by atoms with E-state index in [0.29, 0.717) is 63.3 Å². The Morgan fingerprint density at radius 2 is 0.868 bits per heavy atom. The van der Waals surface area contributed by atoms with E-state index in [1.165, 1.54) is 0 Å². The Bertz CT molecular complexity index is 2900. The van der Waals surface area contributed by atoms with Crippen LogP contribution in [0.3, 0.4) is 0 Å². The lowest BCUT2D eigenvalue weighted by Crippen LogP contribution is -2.31. The average molecular weight is 1010 g/mol. The molecule has 0 bridgehead atoms. The summed E-state index contributed by atoms with van der Waals surface area (Å²) in [6.45, 7) is 5.16. The summed E-state index contributed by atoms with van der Waals surface area (Å²) in [5.41, 5.74) is 8.70. The number of benzene rings is 8. The van der Waals surface area contributed by atoms with Crippen molar-refractivity contribution < 1.29 is 38.6 Å². The number of hydrogen-bond acceptors (Lipinski definition) is 8. The van der Waals surface area contributed by atoms with Crippen molar-refractivity contribution in [2.75, 3.05) is 13.2 Å². The number of carbonyl (C=O) groups excluding carboxylic acids is 2. The SMILES string of the molecule is CCOC(=O)c1ccc(Cl)cc1-c1ccccc1-c1ccccc1OCc1ccccc1.CCOC(=O)c1ccc(Cl)cc1Br.OB(O)c1ccccc1-c1ccccc1OCc1ccccc1. The number of esters is 2. The highest BCUT2D eigenvalue weighted by atomic mass is 79.9. The van der Waals surface area contributed by atoms with E-state index >= 15 is 0 Å². The molecule has 0 heterocycles. The van der Waals surface area contributed by atoms with Crippen LogP contribution in [-0.4, -0.2) is 42.3 Å². The average Bonchev–Trinajstić information content (AvgIpc) is 3.36. The molecule has 0 aliphatic heterocycles. The van der Waals surface area contributed by atoms with Crippen LogP contribution >= 0.6 is 39.1 Å². The van der Waals surface area contributed by atoms with Gasteiger partial charge in [-0.05, 0) is 117 Å². The fraction of sp³-hybridized carbons (Fsp3) is 0.107. The van der Waals surface area contributed by atoms with Gasteiger partial charge in [0.1, 0.15) is 24.7 Å². The monoisotopic (exact) mass is 1010 g/mol. The first kappa shape index (κ1) is 50.8. The summed E-state index contributed by atoms with van der Waals surface area (Å²) in [6.07, 6.45) is 0. The Hall–Kier alpha value is -6.66. The number of hydrogen-bond donors (Lipinski definition) is 2. The molecule has 0 saturated heterocycles. The quantitative estimate of drug-likeness (QED) is 0.0818. The van der Waals surface area contributed by atoms with Crippen LogP contribution in [0, 0.1) is 0 Å². The topological polar surface area (TPSA) is 112 Å². The van der Waals surface area contributed by atoms with Gasteiger partial charge in [0, 0.05) is 25.6 Å². The van der Waals surface area contributed by atoms with Crippen molar-refractivity contribution in [1.29, 1.82) is 0 Å². The molecule has 0 spiro atoms. The molecule has 2 N–H and O–H groups in total. The Labute approximate surface area is 415 Å². The summed E-state index contributed by atoms with van der Waals surface area (Å²) in [5, 5.41) is 20.3. The molecule has 344 valence electrons. The maximum atomic E-state index is 12.6. The summed E-state index contributed by atoms with van der Waals surface area (Å²) in [5.74, 6) is 0.765. The molecule has 0 aliphatic rings. The minimum Gasteiger partial charge on any atom is -0.488 e. The predicted molar refractivity (Wildman–Crippen MR) is 277 cm³/mol. The van der Waals surface area contributed by atoms with Crippen LogP contribution in [0.4, 0.5) is 0 Å². The summed E-state index contributed by atoms with van der Waals surface area (Å²) in [4.78, 5) is 23.9. The molecule has 0 radical (unpaired) electrons. The maximum Gasteiger partial charge on any atom is 0.489 e. The van der Waals surface area contributed by atoms with E-state index in [9.17, 15) is 19.6 Å². The molecule has 8 rings (SSSR count). The molecule has 0 atom stereocenters. The van der Waals surface area contributed by atoms with Crippen molar-refractivity contribution >= 4 is 63.7 Å². The van der Waals surface area contributed by atoms with Gasteiger partial charge in [-0.2, -0.15) is 0 Å². The zero-order valence-corrected chi connectivity index (χ0v) is 40.5. The van der Waals surface area contributed by atoms with Crippen molar-refractivity contribution in [3.63, 3.8) is 0 Å². The lowest BCUT2D eigenvalue weighted by molar-refractivity contribution is 0.0516. The molecule has 0 saturated carbocycles. The Balaban J connectivity index is 0.000000184. The molecule has 8 nitrogen and oxygen atoms in total. The molecular formula is C56H48BBrCl2O8. The number of rotatable bonds is 14. The van der Waals surface area contributed by atoms with Crippen LogP contribution < -0.4 is 14.9 Å². The van der Waals surface area contributed by atoms with Crippen LogP contribution in [0.5, 0.6) is 11.5 Å². The summed E-state index contributed by atoms with van der Waals surface area (Å²) in [7, 11) is -1.52.